The molecule has 1 atom stereocenters. The number of halogens is 8. The third kappa shape index (κ3) is 5.99. The maximum Gasteiger partial charge on any atom is 0.430 e. The molecular formula is C26H26Cl2F6N2O4. The van der Waals surface area contributed by atoms with Gasteiger partial charge in [0.2, 0.25) is 0 Å². The minimum atomic E-state index is -5.99. The Balaban J connectivity index is 1.65. The first-order valence-electron chi connectivity index (χ1n) is 12.2. The normalized spacial score (nSPS) is 18.3. The molecular weight excluding hydrogens is 589 g/mol. The molecule has 220 valence electrons. The fourth-order valence-electron chi connectivity index (χ4n) is 4.35. The second kappa shape index (κ2) is 11.7. The van der Waals surface area contributed by atoms with Crippen molar-refractivity contribution in [2.24, 2.45) is 0 Å². The summed E-state index contributed by atoms with van der Waals surface area (Å²) in [5.41, 5.74) is -7.23. The first kappa shape index (κ1) is 31.8. The molecule has 2 aromatic carbocycles. The van der Waals surface area contributed by atoms with E-state index in [1.54, 1.807) is 13.0 Å². The Hall–Kier alpha value is -2.70. The number of ether oxygens (including phenoxy) is 1. The lowest BCUT2D eigenvalue weighted by Gasteiger charge is -2.33. The smallest absolute Gasteiger partial charge is 0.430 e. The quantitative estimate of drug-likeness (QED) is 0.174. The van der Waals surface area contributed by atoms with Gasteiger partial charge in [-0.1, -0.05) is 48.7 Å². The van der Waals surface area contributed by atoms with Gasteiger partial charge in [-0.05, 0) is 61.6 Å². The number of nitrogens with zero attached hydrogens (tertiary/aromatic N) is 1. The van der Waals surface area contributed by atoms with Crippen molar-refractivity contribution in [3.05, 3.63) is 63.1 Å². The van der Waals surface area contributed by atoms with Crippen LogP contribution in [0.25, 0.3) is 0 Å². The molecule has 2 aromatic rings. The van der Waals surface area contributed by atoms with Crippen LogP contribution in [0.4, 0.5) is 31.1 Å². The van der Waals surface area contributed by atoms with Crippen LogP contribution in [0, 0.1) is 0 Å². The molecule has 1 fully saturated rings. The highest BCUT2D eigenvalue weighted by atomic mass is 35.5. The molecule has 2 N–H and O–H groups in total. The zero-order valence-electron chi connectivity index (χ0n) is 21.3. The number of rotatable bonds is 10. The SMILES string of the molecule is CCCc1cc(C(O)(C(F)(F)F)C(F)(F)F)ccc1OCCCCN1C(=O)NC(C)(c2ccc(Cl)c(Cl)c2)C1=O. The summed E-state index contributed by atoms with van der Waals surface area (Å²) in [6.45, 7) is 3.26. The molecule has 1 aliphatic rings. The molecule has 0 saturated carbocycles. The van der Waals surface area contributed by atoms with E-state index in [2.05, 4.69) is 5.32 Å². The average Bonchev–Trinajstić information content (AvgIpc) is 3.08. The maximum absolute atomic E-state index is 13.3. The number of unbranched alkanes of at least 4 members (excludes halogenated alkanes) is 1. The molecule has 1 saturated heterocycles. The number of benzene rings is 2. The summed E-state index contributed by atoms with van der Waals surface area (Å²) < 4.78 is 85.3. The number of amides is 3. The highest BCUT2D eigenvalue weighted by Gasteiger charge is 2.71. The van der Waals surface area contributed by atoms with Gasteiger partial charge in [0.1, 0.15) is 11.3 Å². The summed E-state index contributed by atoms with van der Waals surface area (Å²) in [4.78, 5) is 26.6. The topological polar surface area (TPSA) is 78.9 Å². The van der Waals surface area contributed by atoms with Crippen LogP contribution in [-0.2, 0) is 22.4 Å². The Labute approximate surface area is 236 Å². The van der Waals surface area contributed by atoms with E-state index in [1.807, 2.05) is 0 Å². The summed E-state index contributed by atoms with van der Waals surface area (Å²) in [6, 6.07) is 6.11. The number of imide groups is 1. The Morgan fingerprint density at radius 2 is 1.62 bits per heavy atom. The summed E-state index contributed by atoms with van der Waals surface area (Å²) in [7, 11) is 0. The number of aryl methyl sites for hydroxylation is 1. The summed E-state index contributed by atoms with van der Waals surface area (Å²) in [5, 5.41) is 12.8. The summed E-state index contributed by atoms with van der Waals surface area (Å²) in [6.07, 6.45) is -10.9. The van der Waals surface area contributed by atoms with Crippen LogP contribution in [0.2, 0.25) is 10.0 Å². The van der Waals surface area contributed by atoms with E-state index in [9.17, 15) is 41.0 Å². The fourth-order valence-corrected chi connectivity index (χ4v) is 4.65. The molecule has 0 aliphatic carbocycles. The number of aliphatic hydroxyl groups is 1. The van der Waals surface area contributed by atoms with Gasteiger partial charge in [0.15, 0.2) is 0 Å². The first-order valence-corrected chi connectivity index (χ1v) is 12.9. The van der Waals surface area contributed by atoms with Gasteiger partial charge in [-0.2, -0.15) is 26.3 Å². The predicted molar refractivity (Wildman–Crippen MR) is 135 cm³/mol. The van der Waals surface area contributed by atoms with Crippen molar-refractivity contribution < 1.29 is 45.8 Å². The van der Waals surface area contributed by atoms with Crippen molar-refractivity contribution >= 4 is 35.1 Å². The van der Waals surface area contributed by atoms with Crippen molar-refractivity contribution in [1.82, 2.24) is 10.2 Å². The lowest BCUT2D eigenvalue weighted by molar-refractivity contribution is -0.376. The molecule has 0 spiro atoms. The Morgan fingerprint density at radius 3 is 2.20 bits per heavy atom. The predicted octanol–water partition coefficient (Wildman–Crippen LogP) is 6.88. The van der Waals surface area contributed by atoms with E-state index < -0.39 is 41.0 Å². The Kier molecular flexibility index (Phi) is 9.27. The van der Waals surface area contributed by atoms with E-state index in [1.165, 1.54) is 19.1 Å². The molecule has 1 aliphatic heterocycles. The third-order valence-corrected chi connectivity index (χ3v) is 7.36. The molecule has 0 aromatic heterocycles. The van der Waals surface area contributed by atoms with Gasteiger partial charge in [0, 0.05) is 12.1 Å². The van der Waals surface area contributed by atoms with Gasteiger partial charge in [-0.3, -0.25) is 9.69 Å². The highest BCUT2D eigenvalue weighted by Crippen LogP contribution is 2.50. The number of hydrogen-bond donors (Lipinski definition) is 2. The molecule has 0 bridgehead atoms. The van der Waals surface area contributed by atoms with Crippen molar-refractivity contribution in [2.45, 2.75) is 63.0 Å². The summed E-state index contributed by atoms with van der Waals surface area (Å²) in [5.74, 6) is -0.432. The number of carbonyl (C=O) groups is 2. The Bertz CT molecular complexity index is 1260. The van der Waals surface area contributed by atoms with Gasteiger partial charge < -0.3 is 15.2 Å². The molecule has 6 nitrogen and oxygen atoms in total. The molecule has 1 heterocycles. The number of alkyl halides is 6. The highest BCUT2D eigenvalue weighted by molar-refractivity contribution is 6.42. The first-order chi connectivity index (χ1) is 18.5. The zero-order valence-corrected chi connectivity index (χ0v) is 22.9. The number of carbonyl (C=O) groups excluding carboxylic acids is 2. The molecule has 0 radical (unpaired) electrons. The Morgan fingerprint density at radius 1 is 0.975 bits per heavy atom. The molecule has 40 heavy (non-hydrogen) atoms. The van der Waals surface area contributed by atoms with Crippen LogP contribution >= 0.6 is 23.2 Å². The van der Waals surface area contributed by atoms with Gasteiger partial charge in [-0.15, -0.1) is 0 Å². The van der Waals surface area contributed by atoms with E-state index in [4.69, 9.17) is 27.9 Å². The third-order valence-electron chi connectivity index (χ3n) is 6.62. The standard InChI is InChI=1S/C26H26Cl2F6N2O4/c1-3-6-15-13-17(24(39,25(29,30)31)26(32,33)34)8-10-20(15)40-12-5-4-11-36-21(37)23(2,35-22(36)38)16-7-9-18(27)19(28)14-16/h7-10,13-14,39H,3-6,11-12H2,1-2H3,(H,35,38). The van der Waals surface area contributed by atoms with Crippen LogP contribution in [0.3, 0.4) is 0 Å². The van der Waals surface area contributed by atoms with E-state index in [-0.39, 0.29) is 40.9 Å². The molecule has 3 amide bonds. The van der Waals surface area contributed by atoms with E-state index >= 15 is 0 Å². The van der Waals surface area contributed by atoms with Crippen LogP contribution in [0.1, 0.15) is 49.8 Å². The second-order valence-corrected chi connectivity index (χ2v) is 10.3. The van der Waals surface area contributed by atoms with Crippen LogP contribution in [0.5, 0.6) is 5.75 Å². The van der Waals surface area contributed by atoms with Gasteiger partial charge >= 0.3 is 18.4 Å². The van der Waals surface area contributed by atoms with Crippen molar-refractivity contribution in [3.63, 3.8) is 0 Å². The van der Waals surface area contributed by atoms with Crippen molar-refractivity contribution in [1.29, 1.82) is 0 Å². The number of hydrogen-bond acceptors (Lipinski definition) is 4. The van der Waals surface area contributed by atoms with E-state index in [0.29, 0.717) is 37.0 Å². The van der Waals surface area contributed by atoms with Crippen LogP contribution in [-0.4, -0.2) is 47.4 Å². The lowest BCUT2D eigenvalue weighted by Crippen LogP contribution is -2.53. The van der Waals surface area contributed by atoms with Crippen LogP contribution < -0.4 is 10.1 Å². The van der Waals surface area contributed by atoms with E-state index in [0.717, 1.165) is 11.0 Å². The maximum atomic E-state index is 13.3. The lowest BCUT2D eigenvalue weighted by atomic mass is 9.90. The van der Waals surface area contributed by atoms with Crippen molar-refractivity contribution in [2.75, 3.05) is 13.2 Å². The fraction of sp³-hybridized carbons (Fsp3) is 0.462. The second-order valence-electron chi connectivity index (χ2n) is 9.47. The molecule has 3 rings (SSSR count). The molecule has 1 unspecified atom stereocenters. The number of urea groups is 1. The van der Waals surface area contributed by atoms with Crippen LogP contribution in [0.15, 0.2) is 36.4 Å². The van der Waals surface area contributed by atoms with Gasteiger partial charge in [-0.25, -0.2) is 4.79 Å². The molecule has 14 heteroatoms. The number of nitrogens with one attached hydrogen (secondary N) is 1. The minimum Gasteiger partial charge on any atom is -0.493 e. The minimum absolute atomic E-state index is 0.00653. The van der Waals surface area contributed by atoms with Crippen molar-refractivity contribution in [3.8, 4) is 5.75 Å². The van der Waals surface area contributed by atoms with Gasteiger partial charge in [0.05, 0.1) is 16.7 Å². The van der Waals surface area contributed by atoms with Gasteiger partial charge in [0.25, 0.3) is 11.5 Å². The monoisotopic (exact) mass is 614 g/mol. The average molecular weight is 615 g/mol. The largest absolute Gasteiger partial charge is 0.493 e. The summed E-state index contributed by atoms with van der Waals surface area (Å²) >= 11 is 12.0. The zero-order chi connectivity index (χ0) is 30.1.